The number of carbonyl (C=O) groups excluding carboxylic acids is 1. The number of benzene rings is 1. The first-order valence-electron chi connectivity index (χ1n) is 6.05. The van der Waals surface area contributed by atoms with Gasteiger partial charge < -0.3 is 14.8 Å². The Morgan fingerprint density at radius 1 is 1.37 bits per heavy atom. The van der Waals surface area contributed by atoms with Gasteiger partial charge in [0.25, 0.3) is 5.91 Å². The highest BCUT2D eigenvalue weighted by Crippen LogP contribution is 2.20. The lowest BCUT2D eigenvalue weighted by Crippen LogP contribution is -2.40. The van der Waals surface area contributed by atoms with Crippen LogP contribution in [0.4, 0.5) is 0 Å². The summed E-state index contributed by atoms with van der Waals surface area (Å²) in [5.41, 5.74) is 1.68. The van der Waals surface area contributed by atoms with Crippen LogP contribution in [0.5, 0.6) is 0 Å². The lowest BCUT2D eigenvalue weighted by atomic mass is 10.2. The summed E-state index contributed by atoms with van der Waals surface area (Å²) in [7, 11) is 0. The number of fused-ring (bicyclic) bond motifs is 1. The van der Waals surface area contributed by atoms with Gasteiger partial charge in [0.2, 0.25) is 0 Å². The van der Waals surface area contributed by atoms with Crippen LogP contribution in [0.25, 0.3) is 11.0 Å². The highest BCUT2D eigenvalue weighted by Gasteiger charge is 2.20. The second-order valence-electron chi connectivity index (χ2n) is 4.42. The van der Waals surface area contributed by atoms with Crippen LogP contribution < -0.4 is 5.32 Å². The molecule has 0 bridgehead atoms. The van der Waals surface area contributed by atoms with E-state index in [1.165, 1.54) is 0 Å². The molecule has 0 radical (unpaired) electrons. The molecule has 1 atom stereocenters. The predicted octanol–water partition coefficient (Wildman–Crippen LogP) is 2.33. The number of aryl methyl sites for hydroxylation is 1. The zero-order valence-electron chi connectivity index (χ0n) is 10.8. The lowest BCUT2D eigenvalue weighted by Gasteiger charge is -2.10. The summed E-state index contributed by atoms with van der Waals surface area (Å²) in [4.78, 5) is 22.8. The van der Waals surface area contributed by atoms with Gasteiger partial charge in [0.1, 0.15) is 11.6 Å². The van der Waals surface area contributed by atoms with E-state index < -0.39 is 17.9 Å². The minimum Gasteiger partial charge on any atom is -0.480 e. The van der Waals surface area contributed by atoms with Crippen molar-refractivity contribution in [3.05, 3.63) is 35.6 Å². The van der Waals surface area contributed by atoms with Crippen LogP contribution in [0, 0.1) is 6.92 Å². The third kappa shape index (κ3) is 2.76. The van der Waals surface area contributed by atoms with Crippen molar-refractivity contribution in [1.82, 2.24) is 5.32 Å². The molecule has 2 N–H and O–H groups in total. The highest BCUT2D eigenvalue weighted by atomic mass is 16.4. The number of hydrogen-bond donors (Lipinski definition) is 2. The maximum atomic E-state index is 11.9. The molecule has 1 aromatic carbocycles. The van der Waals surface area contributed by atoms with E-state index in [0.717, 1.165) is 10.9 Å². The molecule has 0 unspecified atom stereocenters. The molecular formula is C14H15NO4. The van der Waals surface area contributed by atoms with E-state index >= 15 is 0 Å². The molecule has 0 spiro atoms. The second kappa shape index (κ2) is 5.14. The molecule has 0 fully saturated rings. The Morgan fingerprint density at radius 2 is 2.11 bits per heavy atom. The van der Waals surface area contributed by atoms with Gasteiger partial charge >= 0.3 is 5.97 Å². The number of hydrogen-bond acceptors (Lipinski definition) is 3. The molecule has 5 nitrogen and oxygen atoms in total. The summed E-state index contributed by atoms with van der Waals surface area (Å²) in [5, 5.41) is 12.2. The SMILES string of the molecule is CC[C@@H](NC(=O)c1cc2cc(C)ccc2o1)C(=O)O. The van der Waals surface area contributed by atoms with Gasteiger partial charge in [-0.25, -0.2) is 4.79 Å². The molecule has 1 aromatic heterocycles. The average Bonchev–Trinajstić information content (AvgIpc) is 2.78. The monoisotopic (exact) mass is 261 g/mol. The Bertz CT molecular complexity index is 629. The summed E-state index contributed by atoms with van der Waals surface area (Å²) < 4.78 is 5.40. The fourth-order valence-corrected chi connectivity index (χ4v) is 1.84. The second-order valence-corrected chi connectivity index (χ2v) is 4.42. The van der Waals surface area contributed by atoms with Crippen molar-refractivity contribution < 1.29 is 19.1 Å². The van der Waals surface area contributed by atoms with Gasteiger partial charge in [-0.3, -0.25) is 4.79 Å². The molecular weight excluding hydrogens is 246 g/mol. The number of carboxylic acid groups (broad SMARTS) is 1. The normalized spacial score (nSPS) is 12.3. The smallest absolute Gasteiger partial charge is 0.326 e. The Kier molecular flexibility index (Phi) is 3.55. The van der Waals surface area contributed by atoms with Crippen molar-refractivity contribution in [2.24, 2.45) is 0 Å². The van der Waals surface area contributed by atoms with Gasteiger partial charge in [-0.1, -0.05) is 18.6 Å². The van der Waals surface area contributed by atoms with Gasteiger partial charge in [-0.2, -0.15) is 0 Å². The quantitative estimate of drug-likeness (QED) is 0.885. The van der Waals surface area contributed by atoms with Gasteiger partial charge in [0, 0.05) is 5.39 Å². The Labute approximate surface area is 110 Å². The summed E-state index contributed by atoms with van der Waals surface area (Å²) in [6.45, 7) is 3.64. The molecule has 0 aliphatic heterocycles. The lowest BCUT2D eigenvalue weighted by molar-refractivity contribution is -0.139. The summed E-state index contributed by atoms with van der Waals surface area (Å²) >= 11 is 0. The molecule has 0 saturated heterocycles. The topological polar surface area (TPSA) is 79.5 Å². The molecule has 0 aliphatic carbocycles. The standard InChI is InChI=1S/C14H15NO4/c1-3-10(14(17)18)15-13(16)12-7-9-6-8(2)4-5-11(9)19-12/h4-7,10H,3H2,1-2H3,(H,15,16)(H,17,18)/t10-/m1/s1. The highest BCUT2D eigenvalue weighted by molar-refractivity contribution is 5.97. The molecule has 0 aliphatic rings. The minimum absolute atomic E-state index is 0.125. The number of furan rings is 1. The van der Waals surface area contributed by atoms with Crippen LogP contribution in [0.2, 0.25) is 0 Å². The molecule has 1 heterocycles. The summed E-state index contributed by atoms with van der Waals surface area (Å²) in [6.07, 6.45) is 0.320. The Balaban J connectivity index is 2.24. The predicted molar refractivity (Wildman–Crippen MR) is 70.1 cm³/mol. The maximum Gasteiger partial charge on any atom is 0.326 e. The first-order chi connectivity index (χ1) is 9.01. The fraction of sp³-hybridized carbons (Fsp3) is 0.286. The molecule has 1 amide bonds. The Morgan fingerprint density at radius 3 is 2.74 bits per heavy atom. The first-order valence-corrected chi connectivity index (χ1v) is 6.05. The third-order valence-electron chi connectivity index (χ3n) is 2.91. The molecule has 0 saturated carbocycles. The van der Waals surface area contributed by atoms with Gasteiger partial charge in [-0.05, 0) is 31.5 Å². The van der Waals surface area contributed by atoms with Crippen molar-refractivity contribution in [2.45, 2.75) is 26.3 Å². The zero-order valence-corrected chi connectivity index (χ0v) is 10.8. The average molecular weight is 261 g/mol. The maximum absolute atomic E-state index is 11.9. The Hall–Kier alpha value is -2.30. The number of amides is 1. The number of carboxylic acids is 1. The number of carbonyl (C=O) groups is 2. The van der Waals surface area contributed by atoms with Gasteiger partial charge in [0.05, 0.1) is 0 Å². The van der Waals surface area contributed by atoms with Gasteiger partial charge in [-0.15, -0.1) is 0 Å². The fourth-order valence-electron chi connectivity index (χ4n) is 1.84. The van der Waals surface area contributed by atoms with Crippen molar-refractivity contribution in [1.29, 1.82) is 0 Å². The minimum atomic E-state index is -1.05. The van der Waals surface area contributed by atoms with E-state index in [9.17, 15) is 9.59 Å². The molecule has 100 valence electrons. The van der Waals surface area contributed by atoms with Gasteiger partial charge in [0.15, 0.2) is 5.76 Å². The number of nitrogens with one attached hydrogen (secondary N) is 1. The van der Waals surface area contributed by atoms with Crippen LogP contribution in [0.15, 0.2) is 28.7 Å². The van der Waals surface area contributed by atoms with E-state index in [-0.39, 0.29) is 5.76 Å². The van der Waals surface area contributed by atoms with Crippen LogP contribution in [-0.2, 0) is 4.79 Å². The van der Waals surface area contributed by atoms with Crippen molar-refractivity contribution >= 4 is 22.8 Å². The molecule has 2 rings (SSSR count). The van der Waals surface area contributed by atoms with Crippen molar-refractivity contribution in [2.75, 3.05) is 0 Å². The van der Waals surface area contributed by atoms with E-state index in [2.05, 4.69) is 5.32 Å². The molecule has 2 aromatic rings. The largest absolute Gasteiger partial charge is 0.480 e. The first kappa shape index (κ1) is 13.1. The molecule has 5 heteroatoms. The van der Waals surface area contributed by atoms with Crippen molar-refractivity contribution in [3.63, 3.8) is 0 Å². The van der Waals surface area contributed by atoms with E-state index in [1.54, 1.807) is 19.1 Å². The van der Waals surface area contributed by atoms with Crippen molar-refractivity contribution in [3.8, 4) is 0 Å². The van der Waals surface area contributed by atoms with Crippen LogP contribution in [0.3, 0.4) is 0 Å². The third-order valence-corrected chi connectivity index (χ3v) is 2.91. The number of aliphatic carboxylic acids is 1. The number of rotatable bonds is 4. The summed E-state index contributed by atoms with van der Waals surface area (Å²) in [5.74, 6) is -1.44. The van der Waals surface area contributed by atoms with Crippen LogP contribution in [0.1, 0.15) is 29.5 Å². The van der Waals surface area contributed by atoms with Crippen LogP contribution >= 0.6 is 0 Å². The summed E-state index contributed by atoms with van der Waals surface area (Å²) in [6, 6.07) is 6.30. The van der Waals surface area contributed by atoms with E-state index in [4.69, 9.17) is 9.52 Å². The zero-order chi connectivity index (χ0) is 14.0. The van der Waals surface area contributed by atoms with E-state index in [1.807, 2.05) is 19.1 Å². The molecule has 19 heavy (non-hydrogen) atoms. The van der Waals surface area contributed by atoms with Crippen LogP contribution in [-0.4, -0.2) is 23.0 Å². The van der Waals surface area contributed by atoms with E-state index in [0.29, 0.717) is 12.0 Å².